The van der Waals surface area contributed by atoms with E-state index in [-0.39, 0.29) is 52.7 Å². The number of nitrogens with one attached hydrogen (secondary N) is 1. The number of halogens is 3. The van der Waals surface area contributed by atoms with Crippen molar-refractivity contribution in [3.05, 3.63) is 69.9 Å². The van der Waals surface area contributed by atoms with E-state index in [2.05, 4.69) is 10.4 Å². The summed E-state index contributed by atoms with van der Waals surface area (Å²) in [5, 5.41) is 15.9. The number of urea groups is 1. The normalized spacial score (nSPS) is 12.8. The van der Waals surface area contributed by atoms with Crippen LogP contribution in [-0.2, 0) is 13.1 Å². The van der Waals surface area contributed by atoms with E-state index in [1.807, 2.05) is 0 Å². The number of hydrogen-bond acceptors (Lipinski definition) is 4. The second-order valence-corrected chi connectivity index (χ2v) is 7.51. The molecule has 0 spiro atoms. The van der Waals surface area contributed by atoms with Crippen molar-refractivity contribution in [3.8, 4) is 17.3 Å². The molecule has 0 fully saturated rings. The average molecular weight is 457 g/mol. The number of nitrogens with two attached hydrogens (primary N) is 1. The molecule has 2 heterocycles. The van der Waals surface area contributed by atoms with Gasteiger partial charge in [-0.2, -0.15) is 10.4 Å². The van der Waals surface area contributed by atoms with Crippen LogP contribution in [0.5, 0.6) is 0 Å². The Labute approximate surface area is 185 Å². The van der Waals surface area contributed by atoms with Crippen LogP contribution in [0.4, 0.5) is 19.3 Å². The third kappa shape index (κ3) is 3.98. The minimum Gasteiger partial charge on any atom is -0.365 e. The Hall–Kier alpha value is -3.97. The molecule has 0 unspecified atom stereocenters. The van der Waals surface area contributed by atoms with E-state index in [4.69, 9.17) is 22.6 Å². The minimum absolute atomic E-state index is 0.00108. The monoisotopic (exact) mass is 456 g/mol. The summed E-state index contributed by atoms with van der Waals surface area (Å²) < 4.78 is 29.2. The van der Waals surface area contributed by atoms with Crippen LogP contribution in [0, 0.1) is 23.0 Å². The van der Waals surface area contributed by atoms with Gasteiger partial charge in [-0.3, -0.25) is 9.48 Å². The van der Waals surface area contributed by atoms with Gasteiger partial charge in [-0.05, 0) is 36.4 Å². The number of aromatic nitrogens is 2. The average Bonchev–Trinajstić information content (AvgIpc) is 3.12. The van der Waals surface area contributed by atoms with Crippen LogP contribution in [-0.4, -0.2) is 33.2 Å². The molecular formula is C21H15ClF2N6O2. The van der Waals surface area contributed by atoms with Crippen molar-refractivity contribution in [2.45, 2.75) is 13.1 Å². The molecule has 2 aromatic carbocycles. The molecule has 8 nitrogen and oxygen atoms in total. The van der Waals surface area contributed by atoms with Gasteiger partial charge >= 0.3 is 6.03 Å². The summed E-state index contributed by atoms with van der Waals surface area (Å²) in [5.74, 6) is -2.13. The van der Waals surface area contributed by atoms with Crippen molar-refractivity contribution in [1.82, 2.24) is 14.7 Å². The van der Waals surface area contributed by atoms with Gasteiger partial charge in [0.25, 0.3) is 5.91 Å². The molecule has 0 atom stereocenters. The van der Waals surface area contributed by atoms with Gasteiger partial charge in [-0.25, -0.2) is 13.6 Å². The van der Waals surface area contributed by atoms with Crippen molar-refractivity contribution in [3.63, 3.8) is 0 Å². The van der Waals surface area contributed by atoms with Gasteiger partial charge in [-0.15, -0.1) is 0 Å². The van der Waals surface area contributed by atoms with E-state index >= 15 is 0 Å². The molecule has 0 saturated heterocycles. The Balaban J connectivity index is 1.62. The first-order valence-electron chi connectivity index (χ1n) is 9.38. The first-order valence-corrected chi connectivity index (χ1v) is 9.76. The summed E-state index contributed by atoms with van der Waals surface area (Å²) in [4.78, 5) is 26.3. The molecule has 0 radical (unpaired) electrons. The van der Waals surface area contributed by atoms with E-state index < -0.39 is 23.6 Å². The summed E-state index contributed by atoms with van der Waals surface area (Å²) in [6.07, 6.45) is 0. The topological polar surface area (TPSA) is 117 Å². The lowest BCUT2D eigenvalue weighted by Crippen LogP contribution is -2.41. The van der Waals surface area contributed by atoms with Crippen molar-refractivity contribution in [2.24, 2.45) is 5.73 Å². The van der Waals surface area contributed by atoms with Gasteiger partial charge in [0.05, 0.1) is 29.9 Å². The quantitative estimate of drug-likeness (QED) is 0.627. The Kier molecular flexibility index (Phi) is 5.50. The maximum atomic E-state index is 13.8. The van der Waals surface area contributed by atoms with E-state index in [1.54, 1.807) is 10.8 Å². The molecule has 11 heteroatoms. The Bertz CT molecular complexity index is 1280. The number of nitriles is 1. The number of fused-ring (bicyclic) bond motifs is 1. The lowest BCUT2D eigenvalue weighted by molar-refractivity contribution is 0.0997. The molecule has 0 bridgehead atoms. The number of rotatable bonds is 3. The SMILES string of the molecule is N#Cc1ccc(NC(=O)N2CCn3nc(-c4cc(F)cc(Cl)c4)c(C(N)=O)c3C2)cc1F. The fourth-order valence-corrected chi connectivity index (χ4v) is 3.75. The van der Waals surface area contributed by atoms with Gasteiger partial charge in [0, 0.05) is 22.8 Å². The predicted molar refractivity (Wildman–Crippen MR) is 112 cm³/mol. The molecule has 1 aromatic heterocycles. The number of carbonyl (C=O) groups excluding carboxylic acids is 2. The fraction of sp³-hybridized carbons (Fsp3) is 0.143. The molecule has 3 amide bonds. The smallest absolute Gasteiger partial charge is 0.322 e. The van der Waals surface area contributed by atoms with Crippen LogP contribution in [0.15, 0.2) is 36.4 Å². The minimum atomic E-state index is -0.780. The zero-order valence-electron chi connectivity index (χ0n) is 16.4. The van der Waals surface area contributed by atoms with Crippen molar-refractivity contribution in [2.75, 3.05) is 11.9 Å². The molecule has 32 heavy (non-hydrogen) atoms. The van der Waals surface area contributed by atoms with Crippen LogP contribution < -0.4 is 11.1 Å². The maximum absolute atomic E-state index is 13.8. The van der Waals surface area contributed by atoms with Gasteiger partial charge in [0.2, 0.25) is 0 Å². The van der Waals surface area contributed by atoms with E-state index in [9.17, 15) is 18.4 Å². The molecular weight excluding hydrogens is 442 g/mol. The highest BCUT2D eigenvalue weighted by Gasteiger charge is 2.30. The number of benzene rings is 2. The summed E-state index contributed by atoms with van der Waals surface area (Å²) >= 11 is 5.93. The zero-order valence-corrected chi connectivity index (χ0v) is 17.2. The van der Waals surface area contributed by atoms with Crippen LogP contribution in [0.25, 0.3) is 11.3 Å². The van der Waals surface area contributed by atoms with Crippen LogP contribution in [0.2, 0.25) is 5.02 Å². The second kappa shape index (κ2) is 8.28. The van der Waals surface area contributed by atoms with Crippen LogP contribution in [0.3, 0.4) is 0 Å². The van der Waals surface area contributed by atoms with Gasteiger partial charge < -0.3 is 16.0 Å². The number of amides is 3. The summed E-state index contributed by atoms with van der Waals surface area (Å²) in [6, 6.07) is 8.68. The Morgan fingerprint density at radius 2 is 1.97 bits per heavy atom. The third-order valence-electron chi connectivity index (χ3n) is 4.99. The molecule has 3 aromatic rings. The van der Waals surface area contributed by atoms with Crippen molar-refractivity contribution < 1.29 is 18.4 Å². The number of hydrogen-bond donors (Lipinski definition) is 2. The zero-order chi connectivity index (χ0) is 23.0. The van der Waals surface area contributed by atoms with E-state index in [1.165, 1.54) is 29.2 Å². The predicted octanol–water partition coefficient (Wildman–Crippen LogP) is 3.50. The van der Waals surface area contributed by atoms with Crippen molar-refractivity contribution >= 4 is 29.2 Å². The first-order chi connectivity index (χ1) is 15.3. The number of carbonyl (C=O) groups is 2. The lowest BCUT2D eigenvalue weighted by Gasteiger charge is -2.28. The second-order valence-electron chi connectivity index (χ2n) is 7.07. The third-order valence-corrected chi connectivity index (χ3v) is 5.21. The number of anilines is 1. The van der Waals surface area contributed by atoms with Crippen LogP contribution >= 0.6 is 11.6 Å². The van der Waals surface area contributed by atoms with Gasteiger partial charge in [0.15, 0.2) is 0 Å². The fourth-order valence-electron chi connectivity index (χ4n) is 3.53. The summed E-state index contributed by atoms with van der Waals surface area (Å²) in [7, 11) is 0. The first kappa shape index (κ1) is 21.3. The highest BCUT2D eigenvalue weighted by molar-refractivity contribution is 6.30. The molecule has 1 aliphatic heterocycles. The number of primary amides is 1. The van der Waals surface area contributed by atoms with Gasteiger partial charge in [-0.1, -0.05) is 11.6 Å². The van der Waals surface area contributed by atoms with E-state index in [0.29, 0.717) is 5.69 Å². The maximum Gasteiger partial charge on any atom is 0.322 e. The highest BCUT2D eigenvalue weighted by atomic mass is 35.5. The van der Waals surface area contributed by atoms with Crippen molar-refractivity contribution in [1.29, 1.82) is 5.26 Å². The Morgan fingerprint density at radius 1 is 1.19 bits per heavy atom. The van der Waals surface area contributed by atoms with Crippen LogP contribution in [0.1, 0.15) is 21.6 Å². The standard InChI is InChI=1S/C21H15ClF2N6O2/c22-13-5-12(6-14(23)7-13)19-18(20(26)31)17-10-29(3-4-30(17)28-19)21(32)27-15-2-1-11(9-25)16(24)8-15/h1-2,5-8H,3-4,10H2,(H2,26,31)(H,27,32). The molecule has 0 saturated carbocycles. The number of nitrogens with zero attached hydrogens (tertiary/aromatic N) is 4. The summed E-state index contributed by atoms with van der Waals surface area (Å²) in [6.45, 7) is 0.507. The Morgan fingerprint density at radius 3 is 2.62 bits per heavy atom. The molecule has 162 valence electrons. The van der Waals surface area contributed by atoms with Gasteiger partial charge in [0.1, 0.15) is 23.4 Å². The van der Waals surface area contributed by atoms with E-state index in [0.717, 1.165) is 12.1 Å². The summed E-state index contributed by atoms with van der Waals surface area (Å²) in [5.41, 5.74) is 6.53. The largest absolute Gasteiger partial charge is 0.365 e. The highest BCUT2D eigenvalue weighted by Crippen LogP contribution is 2.30. The molecule has 1 aliphatic rings. The molecule has 3 N–H and O–H groups in total. The molecule has 0 aliphatic carbocycles. The lowest BCUT2D eigenvalue weighted by atomic mass is 10.0. The molecule has 4 rings (SSSR count).